The van der Waals surface area contributed by atoms with Crippen molar-refractivity contribution in [3.8, 4) is 0 Å². The van der Waals surface area contributed by atoms with Gasteiger partial charge in [-0.05, 0) is 33.1 Å². The third-order valence-corrected chi connectivity index (χ3v) is 4.27. The van der Waals surface area contributed by atoms with Gasteiger partial charge >= 0.3 is 11.9 Å². The molecule has 1 N–H and O–H groups in total. The number of ether oxygens (including phenoxy) is 1. The van der Waals surface area contributed by atoms with Crippen LogP contribution >= 0.6 is 0 Å². The van der Waals surface area contributed by atoms with Gasteiger partial charge < -0.3 is 9.84 Å². The Morgan fingerprint density at radius 2 is 1.39 bits per heavy atom. The number of hydrogen-bond acceptors (Lipinski definition) is 3. The van der Waals surface area contributed by atoms with Crippen LogP contribution in [0.15, 0.2) is 0 Å². The van der Waals surface area contributed by atoms with Crippen LogP contribution in [0.2, 0.25) is 0 Å². The van der Waals surface area contributed by atoms with Crippen LogP contribution in [-0.4, -0.2) is 23.7 Å². The summed E-state index contributed by atoms with van der Waals surface area (Å²) in [6.45, 7) is 6.24. The van der Waals surface area contributed by atoms with E-state index in [1.54, 1.807) is 13.8 Å². The average molecular weight is 328 g/mol. The highest BCUT2D eigenvalue weighted by Gasteiger charge is 2.25. The topological polar surface area (TPSA) is 63.6 Å². The summed E-state index contributed by atoms with van der Waals surface area (Å²) in [4.78, 5) is 22.4. The van der Waals surface area contributed by atoms with E-state index < -0.39 is 11.4 Å². The first kappa shape index (κ1) is 21.9. The Balaban J connectivity index is 3.31. The van der Waals surface area contributed by atoms with Crippen molar-refractivity contribution in [2.45, 2.75) is 97.8 Å². The lowest BCUT2D eigenvalue weighted by Crippen LogP contribution is -2.23. The second kappa shape index (κ2) is 13.4. The largest absolute Gasteiger partial charge is 0.481 e. The Bertz CT molecular complexity index is 323. The maximum Gasteiger partial charge on any atom is 0.309 e. The highest BCUT2D eigenvalue weighted by molar-refractivity contribution is 5.73. The zero-order valence-electron chi connectivity index (χ0n) is 15.4. The van der Waals surface area contributed by atoms with Crippen molar-refractivity contribution < 1.29 is 19.4 Å². The van der Waals surface area contributed by atoms with Gasteiger partial charge in [0.05, 0.1) is 12.0 Å². The van der Waals surface area contributed by atoms with E-state index in [9.17, 15) is 9.59 Å². The molecule has 0 amide bonds. The number of carboxylic acid groups (broad SMARTS) is 1. The first-order valence-corrected chi connectivity index (χ1v) is 9.29. The monoisotopic (exact) mass is 328 g/mol. The smallest absolute Gasteiger partial charge is 0.309 e. The molecule has 0 aliphatic carbocycles. The fraction of sp³-hybridized carbons (Fsp3) is 0.895. The van der Waals surface area contributed by atoms with E-state index in [0.29, 0.717) is 13.0 Å². The molecule has 0 unspecified atom stereocenters. The Morgan fingerprint density at radius 1 is 0.870 bits per heavy atom. The van der Waals surface area contributed by atoms with Crippen molar-refractivity contribution in [2.24, 2.45) is 5.41 Å². The van der Waals surface area contributed by atoms with E-state index in [1.807, 2.05) is 0 Å². The summed E-state index contributed by atoms with van der Waals surface area (Å²) in [6.07, 6.45) is 12.2. The molecule has 4 heteroatoms. The van der Waals surface area contributed by atoms with Crippen molar-refractivity contribution >= 4 is 11.9 Å². The van der Waals surface area contributed by atoms with E-state index in [0.717, 1.165) is 44.9 Å². The van der Waals surface area contributed by atoms with E-state index in [2.05, 4.69) is 6.92 Å². The van der Waals surface area contributed by atoms with E-state index >= 15 is 0 Å². The van der Waals surface area contributed by atoms with Gasteiger partial charge in [0.2, 0.25) is 0 Å². The number of carbonyl (C=O) groups is 2. The van der Waals surface area contributed by atoms with Crippen molar-refractivity contribution in [3.05, 3.63) is 0 Å². The molecule has 0 fully saturated rings. The van der Waals surface area contributed by atoms with Crippen LogP contribution in [0.3, 0.4) is 0 Å². The van der Waals surface area contributed by atoms with Crippen LogP contribution in [0.1, 0.15) is 97.8 Å². The first-order chi connectivity index (χ1) is 10.9. The number of hydrogen-bond donors (Lipinski definition) is 1. The summed E-state index contributed by atoms with van der Waals surface area (Å²) in [5, 5.41) is 9.03. The second-order valence-corrected chi connectivity index (χ2v) is 7.09. The molecule has 23 heavy (non-hydrogen) atoms. The normalized spacial score (nSPS) is 11.4. The van der Waals surface area contributed by atoms with Crippen molar-refractivity contribution in [1.82, 2.24) is 0 Å². The molecule has 0 aliphatic heterocycles. The van der Waals surface area contributed by atoms with E-state index in [4.69, 9.17) is 9.84 Å². The maximum atomic E-state index is 11.4. The molecule has 0 radical (unpaired) electrons. The predicted octanol–water partition coefficient (Wildman–Crippen LogP) is 5.34. The molecule has 0 bridgehead atoms. The molecule has 4 nitrogen and oxygen atoms in total. The standard InChI is InChI=1S/C19H36O4/c1-4-5-16-23-17(20)14-12-10-8-6-7-9-11-13-15-19(2,3)18(21)22/h4-16H2,1-3H3,(H,21,22). The van der Waals surface area contributed by atoms with Gasteiger partial charge in [0.25, 0.3) is 0 Å². The van der Waals surface area contributed by atoms with Crippen LogP contribution in [-0.2, 0) is 14.3 Å². The van der Waals surface area contributed by atoms with E-state index in [-0.39, 0.29) is 5.97 Å². The maximum absolute atomic E-state index is 11.4. The third-order valence-electron chi connectivity index (χ3n) is 4.27. The average Bonchev–Trinajstić information content (AvgIpc) is 2.49. The lowest BCUT2D eigenvalue weighted by Gasteiger charge is -2.18. The van der Waals surface area contributed by atoms with Gasteiger partial charge in [-0.25, -0.2) is 0 Å². The molecule has 0 aliphatic rings. The van der Waals surface area contributed by atoms with Crippen LogP contribution in [0.25, 0.3) is 0 Å². The molecule has 0 heterocycles. The zero-order valence-corrected chi connectivity index (χ0v) is 15.4. The Kier molecular flexibility index (Phi) is 12.8. The minimum atomic E-state index is -0.703. The predicted molar refractivity (Wildman–Crippen MR) is 93.5 cm³/mol. The Hall–Kier alpha value is -1.06. The van der Waals surface area contributed by atoms with Gasteiger partial charge in [0.1, 0.15) is 0 Å². The third kappa shape index (κ3) is 13.1. The van der Waals surface area contributed by atoms with Crippen LogP contribution in [0, 0.1) is 5.41 Å². The number of esters is 1. The summed E-state index contributed by atoms with van der Waals surface area (Å²) in [6, 6.07) is 0. The van der Waals surface area contributed by atoms with E-state index in [1.165, 1.54) is 25.7 Å². The lowest BCUT2D eigenvalue weighted by atomic mass is 9.87. The molecule has 0 saturated heterocycles. The fourth-order valence-electron chi connectivity index (χ4n) is 2.41. The minimum absolute atomic E-state index is 0.0560. The summed E-state index contributed by atoms with van der Waals surface area (Å²) in [5.41, 5.74) is -0.592. The number of carbonyl (C=O) groups excluding carboxylic acids is 1. The molecule has 0 atom stereocenters. The van der Waals surface area contributed by atoms with Crippen LogP contribution < -0.4 is 0 Å². The molecule has 0 aromatic heterocycles. The van der Waals surface area contributed by atoms with Gasteiger partial charge in [-0.1, -0.05) is 58.3 Å². The van der Waals surface area contributed by atoms with Crippen LogP contribution in [0.4, 0.5) is 0 Å². The quantitative estimate of drug-likeness (QED) is 0.325. The lowest BCUT2D eigenvalue weighted by molar-refractivity contribution is -0.147. The summed E-state index contributed by atoms with van der Waals surface area (Å²) in [7, 11) is 0. The first-order valence-electron chi connectivity index (χ1n) is 9.29. The highest BCUT2D eigenvalue weighted by Crippen LogP contribution is 2.24. The molecular weight excluding hydrogens is 292 g/mol. The SMILES string of the molecule is CCCCOC(=O)CCCCCCCCCCC(C)(C)C(=O)O. The molecular formula is C19H36O4. The van der Waals surface area contributed by atoms with Gasteiger partial charge in [0, 0.05) is 6.42 Å². The van der Waals surface area contributed by atoms with Gasteiger partial charge in [-0.15, -0.1) is 0 Å². The number of aliphatic carboxylic acids is 1. The molecule has 0 aromatic carbocycles. The highest BCUT2D eigenvalue weighted by atomic mass is 16.5. The fourth-order valence-corrected chi connectivity index (χ4v) is 2.41. The molecule has 0 spiro atoms. The second-order valence-electron chi connectivity index (χ2n) is 7.09. The Morgan fingerprint density at radius 3 is 1.91 bits per heavy atom. The minimum Gasteiger partial charge on any atom is -0.481 e. The summed E-state index contributed by atoms with van der Waals surface area (Å²) >= 11 is 0. The van der Waals surface area contributed by atoms with Gasteiger partial charge in [0.15, 0.2) is 0 Å². The number of carboxylic acids is 1. The zero-order chi connectivity index (χ0) is 17.6. The van der Waals surface area contributed by atoms with Gasteiger partial charge in [-0.3, -0.25) is 9.59 Å². The Labute approximate surface area is 142 Å². The molecule has 0 saturated carbocycles. The van der Waals surface area contributed by atoms with Crippen molar-refractivity contribution in [1.29, 1.82) is 0 Å². The number of unbranched alkanes of at least 4 members (excludes halogenated alkanes) is 8. The molecule has 0 rings (SSSR count). The molecule has 136 valence electrons. The van der Waals surface area contributed by atoms with Crippen molar-refractivity contribution in [2.75, 3.05) is 6.61 Å². The van der Waals surface area contributed by atoms with Crippen LogP contribution in [0.5, 0.6) is 0 Å². The summed E-state index contributed by atoms with van der Waals surface area (Å²) < 4.78 is 5.12. The summed E-state index contributed by atoms with van der Waals surface area (Å²) in [5.74, 6) is -0.759. The molecule has 0 aromatic rings. The van der Waals surface area contributed by atoms with Gasteiger partial charge in [-0.2, -0.15) is 0 Å². The number of rotatable bonds is 15. The van der Waals surface area contributed by atoms with Crippen molar-refractivity contribution in [3.63, 3.8) is 0 Å².